The lowest BCUT2D eigenvalue weighted by molar-refractivity contribution is -0.126. The van der Waals surface area contributed by atoms with Crippen LogP contribution in [0.1, 0.15) is 42.5 Å². The van der Waals surface area contributed by atoms with E-state index in [9.17, 15) is 13.2 Å². The second-order valence-electron chi connectivity index (χ2n) is 7.93. The van der Waals surface area contributed by atoms with Crippen LogP contribution in [0.5, 0.6) is 0 Å². The predicted octanol–water partition coefficient (Wildman–Crippen LogP) is 4.30. The number of benzene rings is 2. The minimum absolute atomic E-state index is 0.00194. The lowest BCUT2D eigenvalue weighted by Gasteiger charge is -2.31. The number of rotatable bonds is 6. The SMILES string of the molecule is CSc1ccc(S(=O)(=O)N2CCC(C(=O)NC(C)c3ccc(C)c(C)c3)CC2)cc1. The van der Waals surface area contributed by atoms with E-state index in [-0.39, 0.29) is 17.9 Å². The molecule has 1 saturated heterocycles. The average molecular weight is 447 g/mol. The molecule has 0 bridgehead atoms. The fourth-order valence-corrected chi connectivity index (χ4v) is 5.58. The number of carbonyl (C=O) groups is 1. The van der Waals surface area contributed by atoms with Crippen molar-refractivity contribution in [1.82, 2.24) is 9.62 Å². The number of piperidine rings is 1. The first kappa shape index (κ1) is 22.8. The molecule has 0 saturated carbocycles. The number of nitrogens with zero attached hydrogens (tertiary/aromatic N) is 1. The highest BCUT2D eigenvalue weighted by atomic mass is 32.2. The third kappa shape index (κ3) is 5.07. The summed E-state index contributed by atoms with van der Waals surface area (Å²) in [5, 5.41) is 3.10. The Balaban J connectivity index is 1.58. The lowest BCUT2D eigenvalue weighted by Crippen LogP contribution is -2.43. The number of carbonyl (C=O) groups excluding carboxylic acids is 1. The molecule has 0 aliphatic carbocycles. The van der Waals surface area contributed by atoms with Crippen LogP contribution in [0.2, 0.25) is 0 Å². The third-order valence-electron chi connectivity index (χ3n) is 5.91. The summed E-state index contributed by atoms with van der Waals surface area (Å²) in [7, 11) is -3.52. The number of hydrogen-bond donors (Lipinski definition) is 1. The fourth-order valence-electron chi connectivity index (χ4n) is 3.70. The van der Waals surface area contributed by atoms with E-state index in [0.717, 1.165) is 10.5 Å². The number of sulfonamides is 1. The van der Waals surface area contributed by atoms with E-state index in [2.05, 4.69) is 31.3 Å². The van der Waals surface area contributed by atoms with Crippen molar-refractivity contribution >= 4 is 27.7 Å². The predicted molar refractivity (Wildman–Crippen MR) is 122 cm³/mol. The van der Waals surface area contributed by atoms with Crippen LogP contribution < -0.4 is 5.32 Å². The van der Waals surface area contributed by atoms with Gasteiger partial charge in [-0.2, -0.15) is 4.31 Å². The van der Waals surface area contributed by atoms with E-state index in [4.69, 9.17) is 0 Å². The molecule has 1 amide bonds. The van der Waals surface area contributed by atoms with Crippen molar-refractivity contribution in [2.45, 2.75) is 49.4 Å². The molecule has 1 aliphatic heterocycles. The Labute approximate surface area is 184 Å². The molecule has 1 heterocycles. The highest BCUT2D eigenvalue weighted by molar-refractivity contribution is 7.98. The van der Waals surface area contributed by atoms with Crippen LogP contribution in [0, 0.1) is 19.8 Å². The van der Waals surface area contributed by atoms with Crippen LogP contribution in [0.4, 0.5) is 0 Å². The van der Waals surface area contributed by atoms with Gasteiger partial charge >= 0.3 is 0 Å². The Kier molecular flexibility index (Phi) is 7.26. The van der Waals surface area contributed by atoms with Gasteiger partial charge in [-0.1, -0.05) is 18.2 Å². The molecule has 0 spiro atoms. The van der Waals surface area contributed by atoms with E-state index in [1.54, 1.807) is 23.9 Å². The Morgan fingerprint density at radius 3 is 2.27 bits per heavy atom. The number of aryl methyl sites for hydroxylation is 2. The molecule has 1 N–H and O–H groups in total. The second kappa shape index (κ2) is 9.54. The van der Waals surface area contributed by atoms with Crippen molar-refractivity contribution in [3.63, 3.8) is 0 Å². The number of nitrogens with one attached hydrogen (secondary N) is 1. The molecule has 1 atom stereocenters. The van der Waals surface area contributed by atoms with Gasteiger partial charge in [-0.3, -0.25) is 4.79 Å². The van der Waals surface area contributed by atoms with Gasteiger partial charge in [-0.25, -0.2) is 8.42 Å². The van der Waals surface area contributed by atoms with Crippen molar-refractivity contribution in [3.05, 3.63) is 59.2 Å². The van der Waals surface area contributed by atoms with Crippen molar-refractivity contribution < 1.29 is 13.2 Å². The summed E-state index contributed by atoms with van der Waals surface area (Å²) in [6.07, 6.45) is 3.03. The van der Waals surface area contributed by atoms with Crippen molar-refractivity contribution in [2.24, 2.45) is 5.92 Å². The van der Waals surface area contributed by atoms with Gasteiger partial charge in [0.2, 0.25) is 15.9 Å². The van der Waals surface area contributed by atoms with Gasteiger partial charge in [0.15, 0.2) is 0 Å². The summed E-state index contributed by atoms with van der Waals surface area (Å²) >= 11 is 1.58. The summed E-state index contributed by atoms with van der Waals surface area (Å²) < 4.78 is 27.3. The molecule has 1 fully saturated rings. The number of amides is 1. The minimum Gasteiger partial charge on any atom is -0.349 e. The Morgan fingerprint density at radius 2 is 1.70 bits per heavy atom. The molecule has 1 aliphatic rings. The zero-order valence-electron chi connectivity index (χ0n) is 18.0. The smallest absolute Gasteiger partial charge is 0.243 e. The van der Waals surface area contributed by atoms with Crippen LogP contribution in [-0.4, -0.2) is 38.0 Å². The van der Waals surface area contributed by atoms with Crippen molar-refractivity contribution in [1.29, 1.82) is 0 Å². The normalized spacial score (nSPS) is 16.9. The van der Waals surface area contributed by atoms with Gasteiger partial charge < -0.3 is 5.32 Å². The van der Waals surface area contributed by atoms with Crippen LogP contribution in [0.3, 0.4) is 0 Å². The van der Waals surface area contributed by atoms with Crippen LogP contribution in [0.25, 0.3) is 0 Å². The van der Waals surface area contributed by atoms with Crippen LogP contribution in [-0.2, 0) is 14.8 Å². The molecule has 7 heteroatoms. The maximum Gasteiger partial charge on any atom is 0.243 e. The summed E-state index contributed by atoms with van der Waals surface area (Å²) in [5.41, 5.74) is 3.52. The van der Waals surface area contributed by atoms with E-state index in [1.807, 2.05) is 31.4 Å². The van der Waals surface area contributed by atoms with E-state index >= 15 is 0 Å². The van der Waals surface area contributed by atoms with Crippen LogP contribution >= 0.6 is 11.8 Å². The van der Waals surface area contributed by atoms with Gasteiger partial charge in [-0.15, -0.1) is 11.8 Å². The van der Waals surface area contributed by atoms with E-state index in [0.29, 0.717) is 30.8 Å². The summed E-state index contributed by atoms with van der Waals surface area (Å²) in [4.78, 5) is 14.1. The largest absolute Gasteiger partial charge is 0.349 e. The topological polar surface area (TPSA) is 66.5 Å². The zero-order valence-corrected chi connectivity index (χ0v) is 19.6. The maximum absolute atomic E-state index is 12.9. The molecule has 5 nitrogen and oxygen atoms in total. The zero-order chi connectivity index (χ0) is 21.9. The molecule has 30 heavy (non-hydrogen) atoms. The Morgan fingerprint density at radius 1 is 1.07 bits per heavy atom. The lowest BCUT2D eigenvalue weighted by atomic mass is 9.96. The van der Waals surface area contributed by atoms with Crippen LogP contribution in [0.15, 0.2) is 52.3 Å². The summed E-state index contributed by atoms with van der Waals surface area (Å²) in [6.45, 7) is 6.85. The Bertz CT molecular complexity index is 996. The molecule has 162 valence electrons. The first-order chi connectivity index (χ1) is 14.2. The van der Waals surface area contributed by atoms with E-state index < -0.39 is 10.0 Å². The van der Waals surface area contributed by atoms with E-state index in [1.165, 1.54) is 15.4 Å². The van der Waals surface area contributed by atoms with Crippen molar-refractivity contribution in [2.75, 3.05) is 19.3 Å². The first-order valence-electron chi connectivity index (χ1n) is 10.2. The number of thioether (sulfide) groups is 1. The standard InChI is InChI=1S/C23H30N2O3S2/c1-16-5-6-20(15-17(16)2)18(3)24-23(26)19-11-13-25(14-12-19)30(27,28)22-9-7-21(29-4)8-10-22/h5-10,15,18-19H,11-14H2,1-4H3,(H,24,26). The second-order valence-corrected chi connectivity index (χ2v) is 10.7. The molecule has 3 rings (SSSR count). The average Bonchev–Trinajstić information content (AvgIpc) is 2.75. The minimum atomic E-state index is -3.52. The monoisotopic (exact) mass is 446 g/mol. The van der Waals surface area contributed by atoms with Crippen molar-refractivity contribution in [3.8, 4) is 0 Å². The third-order valence-corrected chi connectivity index (χ3v) is 8.57. The van der Waals surface area contributed by atoms with Gasteiger partial charge in [0, 0.05) is 23.9 Å². The molecule has 2 aromatic rings. The molecule has 1 unspecified atom stereocenters. The van der Waals surface area contributed by atoms with Gasteiger partial charge in [0.1, 0.15) is 0 Å². The Hall–Kier alpha value is -1.83. The highest BCUT2D eigenvalue weighted by Gasteiger charge is 2.32. The van der Waals surface area contributed by atoms with Gasteiger partial charge in [0.05, 0.1) is 10.9 Å². The van der Waals surface area contributed by atoms with Gasteiger partial charge in [0.25, 0.3) is 0 Å². The molecule has 2 aromatic carbocycles. The van der Waals surface area contributed by atoms with Gasteiger partial charge in [-0.05, 0) is 80.8 Å². The first-order valence-corrected chi connectivity index (χ1v) is 12.9. The highest BCUT2D eigenvalue weighted by Crippen LogP contribution is 2.26. The summed E-state index contributed by atoms with van der Waals surface area (Å²) in [5.74, 6) is -0.161. The molecular formula is C23H30N2O3S2. The number of hydrogen-bond acceptors (Lipinski definition) is 4. The molecule has 0 aromatic heterocycles. The quantitative estimate of drug-likeness (QED) is 0.672. The molecular weight excluding hydrogens is 416 g/mol. The maximum atomic E-state index is 12.9. The molecule has 0 radical (unpaired) electrons. The summed E-state index contributed by atoms with van der Waals surface area (Å²) in [6, 6.07) is 13.1. The fraction of sp³-hybridized carbons (Fsp3) is 0.435.